The van der Waals surface area contributed by atoms with E-state index in [9.17, 15) is 9.59 Å². The highest BCUT2D eigenvalue weighted by Gasteiger charge is 2.52. The molecule has 0 bridgehead atoms. The van der Waals surface area contributed by atoms with Crippen molar-refractivity contribution in [3.05, 3.63) is 0 Å². The Morgan fingerprint density at radius 1 is 1.30 bits per heavy atom. The number of hydrogen-bond acceptors (Lipinski definition) is 3. The average Bonchev–Trinajstić information content (AvgIpc) is 3.19. The van der Waals surface area contributed by atoms with Crippen molar-refractivity contribution in [1.29, 1.82) is 0 Å². The molecule has 1 atom stereocenters. The monoisotopic (exact) mass is 284 g/mol. The summed E-state index contributed by atoms with van der Waals surface area (Å²) in [4.78, 5) is 23.0. The molecule has 1 saturated carbocycles. The van der Waals surface area contributed by atoms with Crippen LogP contribution in [0.1, 0.15) is 52.4 Å². The van der Waals surface area contributed by atoms with Crippen LogP contribution in [0.15, 0.2) is 0 Å². The van der Waals surface area contributed by atoms with E-state index in [0.717, 1.165) is 25.7 Å². The molecule has 2 amide bonds. The number of rotatable bonds is 5. The molecule has 2 aliphatic rings. The molecule has 0 radical (unpaired) electrons. The second-order valence-electron chi connectivity index (χ2n) is 5.91. The van der Waals surface area contributed by atoms with Crippen LogP contribution < -0.4 is 10.6 Å². The van der Waals surface area contributed by atoms with Crippen molar-refractivity contribution >= 4 is 12.0 Å². The zero-order valence-electron chi connectivity index (χ0n) is 12.2. The van der Waals surface area contributed by atoms with Gasteiger partial charge in [-0.25, -0.2) is 9.59 Å². The number of hydrogen-bond donors (Lipinski definition) is 3. The van der Waals surface area contributed by atoms with Gasteiger partial charge in [-0.15, -0.1) is 0 Å². The summed E-state index contributed by atoms with van der Waals surface area (Å²) in [5.41, 5.74) is -1.18. The molecule has 20 heavy (non-hydrogen) atoms. The van der Waals surface area contributed by atoms with E-state index < -0.39 is 11.5 Å². The molecule has 0 aromatic rings. The van der Waals surface area contributed by atoms with Gasteiger partial charge in [0.15, 0.2) is 0 Å². The minimum Gasteiger partial charge on any atom is -0.480 e. The Morgan fingerprint density at radius 2 is 1.95 bits per heavy atom. The van der Waals surface area contributed by atoms with E-state index >= 15 is 0 Å². The fourth-order valence-corrected chi connectivity index (χ4v) is 2.85. The molecular formula is C14H24N2O4. The van der Waals surface area contributed by atoms with Crippen LogP contribution in [-0.2, 0) is 9.53 Å². The van der Waals surface area contributed by atoms with Crippen molar-refractivity contribution < 1.29 is 19.4 Å². The summed E-state index contributed by atoms with van der Waals surface area (Å²) in [6, 6.07) is -0.328. The first-order chi connectivity index (χ1) is 9.45. The normalized spacial score (nSPS) is 26.6. The van der Waals surface area contributed by atoms with Gasteiger partial charge in [0.05, 0.1) is 5.60 Å². The lowest BCUT2D eigenvalue weighted by molar-refractivity contribution is -0.140. The van der Waals surface area contributed by atoms with E-state index in [2.05, 4.69) is 24.5 Å². The average molecular weight is 284 g/mol. The molecular weight excluding hydrogens is 260 g/mol. The van der Waals surface area contributed by atoms with Crippen molar-refractivity contribution in [3.63, 3.8) is 0 Å². The van der Waals surface area contributed by atoms with Crippen LogP contribution in [0.3, 0.4) is 0 Å². The van der Waals surface area contributed by atoms with Crippen LogP contribution in [0, 0.1) is 0 Å². The molecule has 114 valence electrons. The van der Waals surface area contributed by atoms with Crippen molar-refractivity contribution in [3.8, 4) is 0 Å². The van der Waals surface area contributed by atoms with Gasteiger partial charge >= 0.3 is 12.0 Å². The van der Waals surface area contributed by atoms with Gasteiger partial charge in [0.1, 0.15) is 5.54 Å². The molecule has 0 aromatic carbocycles. The minimum atomic E-state index is -1.03. The third-order valence-electron chi connectivity index (χ3n) is 4.63. The molecule has 2 fully saturated rings. The Morgan fingerprint density at radius 3 is 2.45 bits per heavy atom. The molecule has 0 aromatic heterocycles. The number of aliphatic carboxylic acids is 1. The number of carbonyl (C=O) groups is 2. The molecule has 0 spiro atoms. The summed E-state index contributed by atoms with van der Waals surface area (Å²) in [7, 11) is 0. The Labute approximate surface area is 119 Å². The topological polar surface area (TPSA) is 87.7 Å². The standard InChI is InChI=1S/C14H24N2O4/c1-3-13(4-2)9-10(5-8-20-13)15-12(19)16-14(6-7-14)11(17)18/h10H,3-9H2,1-2H3,(H,17,18)(H2,15,16,19). The summed E-state index contributed by atoms with van der Waals surface area (Å²) in [5, 5.41) is 14.5. The molecule has 1 saturated heterocycles. The minimum absolute atomic E-state index is 0.0493. The first kappa shape index (κ1) is 15.1. The van der Waals surface area contributed by atoms with Gasteiger partial charge < -0.3 is 20.5 Å². The van der Waals surface area contributed by atoms with Crippen LogP contribution in [0.25, 0.3) is 0 Å². The van der Waals surface area contributed by atoms with Crippen molar-refractivity contribution in [1.82, 2.24) is 10.6 Å². The number of nitrogens with one attached hydrogen (secondary N) is 2. The van der Waals surface area contributed by atoms with E-state index in [1.54, 1.807) is 0 Å². The molecule has 2 rings (SSSR count). The van der Waals surface area contributed by atoms with E-state index in [1.807, 2.05) is 0 Å². The predicted molar refractivity (Wildman–Crippen MR) is 73.6 cm³/mol. The predicted octanol–water partition coefficient (Wildman–Crippen LogP) is 1.64. The van der Waals surface area contributed by atoms with Gasteiger partial charge in [0, 0.05) is 12.6 Å². The van der Waals surface area contributed by atoms with Crippen LogP contribution in [0.4, 0.5) is 4.79 Å². The highest BCUT2D eigenvalue weighted by Crippen LogP contribution is 2.35. The zero-order valence-corrected chi connectivity index (χ0v) is 12.2. The van der Waals surface area contributed by atoms with Crippen LogP contribution in [0.5, 0.6) is 0 Å². The second kappa shape index (κ2) is 5.60. The van der Waals surface area contributed by atoms with E-state index in [1.165, 1.54) is 0 Å². The van der Waals surface area contributed by atoms with E-state index in [0.29, 0.717) is 19.4 Å². The van der Waals surface area contributed by atoms with Gasteiger partial charge in [0.2, 0.25) is 0 Å². The molecule has 3 N–H and O–H groups in total. The fourth-order valence-electron chi connectivity index (χ4n) is 2.85. The van der Waals surface area contributed by atoms with E-state index in [4.69, 9.17) is 9.84 Å². The van der Waals surface area contributed by atoms with Gasteiger partial charge in [-0.1, -0.05) is 13.8 Å². The van der Waals surface area contributed by atoms with Gasteiger partial charge in [-0.3, -0.25) is 0 Å². The number of ether oxygens (including phenoxy) is 1. The molecule has 1 unspecified atom stereocenters. The lowest BCUT2D eigenvalue weighted by atomic mass is 9.86. The van der Waals surface area contributed by atoms with Crippen molar-refractivity contribution in [2.75, 3.05) is 6.61 Å². The smallest absolute Gasteiger partial charge is 0.329 e. The lowest BCUT2D eigenvalue weighted by Gasteiger charge is -2.40. The number of carbonyl (C=O) groups excluding carboxylic acids is 1. The number of carboxylic acids is 1. The third kappa shape index (κ3) is 3.06. The molecule has 1 heterocycles. The fraction of sp³-hybridized carbons (Fsp3) is 0.857. The first-order valence-electron chi connectivity index (χ1n) is 7.41. The highest BCUT2D eigenvalue weighted by atomic mass is 16.5. The summed E-state index contributed by atoms with van der Waals surface area (Å²) in [5.74, 6) is -0.948. The molecule has 6 heteroatoms. The molecule has 1 aliphatic heterocycles. The molecule has 6 nitrogen and oxygen atoms in total. The van der Waals surface area contributed by atoms with Crippen molar-refractivity contribution in [2.45, 2.75) is 69.6 Å². The van der Waals surface area contributed by atoms with Gasteiger partial charge in [0.25, 0.3) is 0 Å². The maximum atomic E-state index is 11.9. The largest absolute Gasteiger partial charge is 0.480 e. The third-order valence-corrected chi connectivity index (χ3v) is 4.63. The number of amides is 2. The van der Waals surface area contributed by atoms with Crippen molar-refractivity contribution in [2.24, 2.45) is 0 Å². The number of carboxylic acid groups (broad SMARTS) is 1. The SMILES string of the molecule is CCC1(CC)CC(NC(=O)NC2(C(=O)O)CC2)CCO1. The van der Waals surface area contributed by atoms with E-state index in [-0.39, 0.29) is 17.7 Å². The first-order valence-corrected chi connectivity index (χ1v) is 7.41. The van der Waals surface area contributed by atoms with Crippen LogP contribution in [0.2, 0.25) is 0 Å². The van der Waals surface area contributed by atoms with Crippen LogP contribution in [-0.4, -0.2) is 40.9 Å². The number of urea groups is 1. The summed E-state index contributed by atoms with van der Waals surface area (Å²) in [6.45, 7) is 4.82. The summed E-state index contributed by atoms with van der Waals surface area (Å²) < 4.78 is 5.86. The molecule has 1 aliphatic carbocycles. The van der Waals surface area contributed by atoms with Gasteiger partial charge in [-0.2, -0.15) is 0 Å². The quantitative estimate of drug-likeness (QED) is 0.716. The Hall–Kier alpha value is -1.30. The maximum absolute atomic E-state index is 11.9. The Bertz CT molecular complexity index is 389. The zero-order chi connectivity index (χ0) is 14.8. The summed E-state index contributed by atoms with van der Waals surface area (Å²) in [6.07, 6.45) is 4.42. The Balaban J connectivity index is 1.87. The summed E-state index contributed by atoms with van der Waals surface area (Å²) >= 11 is 0. The lowest BCUT2D eigenvalue weighted by Crippen LogP contribution is -2.54. The van der Waals surface area contributed by atoms with Gasteiger partial charge in [-0.05, 0) is 38.5 Å². The second-order valence-corrected chi connectivity index (χ2v) is 5.91. The van der Waals surface area contributed by atoms with Crippen LogP contribution >= 0.6 is 0 Å². The Kier molecular flexibility index (Phi) is 4.22. The highest BCUT2D eigenvalue weighted by molar-refractivity contribution is 5.89. The maximum Gasteiger partial charge on any atom is 0.329 e.